The van der Waals surface area contributed by atoms with Crippen LogP contribution in [0.2, 0.25) is 36.3 Å². The van der Waals surface area contributed by atoms with Crippen LogP contribution in [0.4, 0.5) is 0 Å². The van der Waals surface area contributed by atoms with E-state index in [0.717, 1.165) is 36.3 Å². The monoisotopic (exact) mass is 772 g/mol. The van der Waals surface area contributed by atoms with E-state index in [1.54, 1.807) is 51.1 Å². The molecule has 2 N–H and O–H groups in total. The quantitative estimate of drug-likeness (QED) is 0.0863. The number of hydrogen-bond acceptors (Lipinski definition) is 10. The predicted molar refractivity (Wildman–Crippen MR) is 208 cm³/mol. The van der Waals surface area contributed by atoms with Crippen LogP contribution in [0.1, 0.15) is 99.4 Å². The number of aldehydes is 1. The van der Waals surface area contributed by atoms with Crippen LogP contribution in [-0.2, 0) is 32.7 Å². The molecule has 53 heavy (non-hydrogen) atoms. The molecule has 10 nitrogen and oxygen atoms in total. The summed E-state index contributed by atoms with van der Waals surface area (Å²) in [6.07, 6.45) is -5.21. The van der Waals surface area contributed by atoms with E-state index in [2.05, 4.69) is 41.5 Å². The number of ketones is 1. The molecule has 0 saturated heterocycles. The van der Waals surface area contributed by atoms with Gasteiger partial charge in [-0.1, -0.05) is 73.6 Å². The first-order valence-corrected chi connectivity index (χ1v) is 24.8. The molecule has 0 unspecified atom stereocenters. The largest absolute Gasteiger partial charge is 0.462 e. The first-order valence-electron chi connectivity index (χ1n) is 19.8. The zero-order valence-corrected chi connectivity index (χ0v) is 35.8. The van der Waals surface area contributed by atoms with Crippen LogP contribution in [0.15, 0.2) is 41.5 Å². The molecule has 3 aliphatic rings. The first kappa shape index (κ1) is 43.2. The SMILES string of the molecule is CC[Si](CC)(CC)O[C@H]1C[C@@]2(O)[C@@H](OC(=O)c3ccccc3)[C@@H]3[C@H](C=O)[C@@H](OC(C)=O)C[C@H](O[Si](CC)(CC)CC)[C@@]3(C)C(=O)[C@H](O)C(=C1C)C2(C)C. The van der Waals surface area contributed by atoms with E-state index in [1.807, 2.05) is 6.92 Å². The Hall–Kier alpha value is -2.49. The fourth-order valence-corrected chi connectivity index (χ4v) is 15.8. The minimum Gasteiger partial charge on any atom is -0.462 e. The summed E-state index contributed by atoms with van der Waals surface area (Å²) in [4.78, 5) is 55.9. The summed E-state index contributed by atoms with van der Waals surface area (Å²) in [7, 11) is -4.86. The number of carbonyl (C=O) groups excluding carboxylic acids is 4. The molecular formula is C41H64O10Si2. The maximum Gasteiger partial charge on any atom is 0.338 e. The van der Waals surface area contributed by atoms with Crippen LogP contribution in [-0.4, -0.2) is 87.0 Å². The van der Waals surface area contributed by atoms with Gasteiger partial charge in [-0.25, -0.2) is 4.79 Å². The Morgan fingerprint density at radius 2 is 1.42 bits per heavy atom. The van der Waals surface area contributed by atoms with E-state index in [0.29, 0.717) is 17.4 Å². The molecule has 0 spiro atoms. The number of rotatable bonds is 14. The summed E-state index contributed by atoms with van der Waals surface area (Å²) in [5.41, 5.74) is -3.75. The molecule has 0 amide bonds. The van der Waals surface area contributed by atoms with Crippen molar-refractivity contribution >= 4 is 40.6 Å². The predicted octanol–water partition coefficient (Wildman–Crippen LogP) is 7.19. The van der Waals surface area contributed by atoms with Crippen molar-refractivity contribution in [2.45, 2.75) is 161 Å². The Balaban J connectivity index is 2.13. The average molecular weight is 773 g/mol. The van der Waals surface area contributed by atoms with Crippen LogP contribution in [0.3, 0.4) is 0 Å². The highest BCUT2D eigenvalue weighted by molar-refractivity contribution is 6.74. The number of aliphatic hydroxyl groups excluding tert-OH is 1. The fourth-order valence-electron chi connectivity index (χ4n) is 9.98. The molecule has 9 atom stereocenters. The van der Waals surface area contributed by atoms with Gasteiger partial charge in [0.1, 0.15) is 30.2 Å². The highest BCUT2D eigenvalue weighted by Gasteiger charge is 2.72. The minimum absolute atomic E-state index is 0.0167. The fraction of sp³-hybridized carbons (Fsp3) is 0.707. The molecular weight excluding hydrogens is 709 g/mol. The van der Waals surface area contributed by atoms with Crippen molar-refractivity contribution in [1.82, 2.24) is 0 Å². The Bertz CT molecular complexity index is 1520. The zero-order valence-electron chi connectivity index (χ0n) is 33.8. The number of esters is 2. The molecule has 2 bridgehead atoms. The summed E-state index contributed by atoms with van der Waals surface area (Å²) in [5.74, 6) is -4.39. The molecule has 0 radical (unpaired) electrons. The van der Waals surface area contributed by atoms with E-state index >= 15 is 4.79 Å². The summed E-state index contributed by atoms with van der Waals surface area (Å²) >= 11 is 0. The molecule has 1 aromatic carbocycles. The molecule has 12 heteroatoms. The van der Waals surface area contributed by atoms with E-state index in [4.69, 9.17) is 18.3 Å². The third kappa shape index (κ3) is 7.33. The Labute approximate surface area is 318 Å². The van der Waals surface area contributed by atoms with Crippen LogP contribution in [0, 0.1) is 22.7 Å². The van der Waals surface area contributed by atoms with Gasteiger partial charge >= 0.3 is 11.9 Å². The summed E-state index contributed by atoms with van der Waals surface area (Å²) in [6, 6.07) is 13.1. The van der Waals surface area contributed by atoms with Crippen molar-refractivity contribution in [2.24, 2.45) is 22.7 Å². The lowest BCUT2D eigenvalue weighted by Gasteiger charge is -2.63. The lowest BCUT2D eigenvalue weighted by atomic mass is 9.46. The maximum atomic E-state index is 15.5. The molecule has 3 aliphatic carbocycles. The van der Waals surface area contributed by atoms with Gasteiger partial charge < -0.3 is 33.3 Å². The van der Waals surface area contributed by atoms with Crippen molar-refractivity contribution < 1.29 is 47.7 Å². The number of benzene rings is 1. The van der Waals surface area contributed by atoms with Gasteiger partial charge in [-0.05, 0) is 73.4 Å². The average Bonchev–Trinajstić information content (AvgIpc) is 3.14. The number of fused-ring (bicyclic) bond motifs is 3. The molecule has 1 aromatic rings. The maximum absolute atomic E-state index is 15.5. The van der Waals surface area contributed by atoms with Gasteiger partial charge in [0.25, 0.3) is 0 Å². The van der Waals surface area contributed by atoms with E-state index in [-0.39, 0.29) is 18.4 Å². The van der Waals surface area contributed by atoms with Gasteiger partial charge in [0.05, 0.1) is 29.1 Å². The molecule has 296 valence electrons. The van der Waals surface area contributed by atoms with Gasteiger partial charge in [0, 0.05) is 31.1 Å². The first-order chi connectivity index (χ1) is 24.9. The second-order valence-corrected chi connectivity index (χ2v) is 25.9. The summed E-state index contributed by atoms with van der Waals surface area (Å²) < 4.78 is 26.7. The minimum atomic E-state index is -2.52. The standard InChI is InChI=1S/C41H64O10Si2/c1-12-52(13-2,14-3)50-31-24-41(47)37(49-38(46)28-21-19-18-20-22-28)34-29(25-42)30(48-27(8)43)23-32(51-53(15-4,16-5)17-6)40(34,11)36(45)35(44)33(26(31)7)39(41,9)10/h18-22,25,29-32,34-35,37,44,47H,12-17,23-24H2,1-11H3/t29-,30+,31+,32+,34+,35-,37+,40-,41-/m1/s1. The van der Waals surface area contributed by atoms with Crippen molar-refractivity contribution in [3.8, 4) is 0 Å². The van der Waals surface area contributed by atoms with Crippen molar-refractivity contribution in [3.63, 3.8) is 0 Å². The van der Waals surface area contributed by atoms with Gasteiger partial charge in [0.15, 0.2) is 22.4 Å². The number of ether oxygens (including phenoxy) is 2. The highest BCUT2D eigenvalue weighted by Crippen LogP contribution is 2.62. The van der Waals surface area contributed by atoms with Crippen molar-refractivity contribution in [1.29, 1.82) is 0 Å². The summed E-state index contributed by atoms with van der Waals surface area (Å²) in [5, 5.41) is 26.2. The molecule has 2 fully saturated rings. The molecule has 4 rings (SSSR count). The lowest BCUT2D eigenvalue weighted by molar-refractivity contribution is -0.235. The van der Waals surface area contributed by atoms with E-state index in [1.165, 1.54) is 6.92 Å². The Kier molecular flexibility index (Phi) is 13.3. The topological polar surface area (TPSA) is 146 Å². The number of Topliss-reactive ketones (excluding diaryl/α,β-unsaturated/α-hetero) is 1. The van der Waals surface area contributed by atoms with Crippen LogP contribution in [0.25, 0.3) is 0 Å². The molecule has 2 saturated carbocycles. The van der Waals surface area contributed by atoms with Crippen molar-refractivity contribution in [3.05, 3.63) is 47.0 Å². The summed E-state index contributed by atoms with van der Waals surface area (Å²) in [6.45, 7) is 20.8. The Morgan fingerprint density at radius 1 is 0.887 bits per heavy atom. The van der Waals surface area contributed by atoms with Crippen LogP contribution < -0.4 is 0 Å². The van der Waals surface area contributed by atoms with Crippen LogP contribution >= 0.6 is 0 Å². The number of carbonyl (C=O) groups is 4. The second kappa shape index (κ2) is 16.3. The van der Waals surface area contributed by atoms with Crippen molar-refractivity contribution in [2.75, 3.05) is 0 Å². The molecule has 0 heterocycles. The second-order valence-electron chi connectivity index (χ2n) is 16.4. The third-order valence-corrected chi connectivity index (χ3v) is 23.3. The highest BCUT2D eigenvalue weighted by atomic mass is 28.4. The Morgan fingerprint density at radius 3 is 1.91 bits per heavy atom. The normalized spacial score (nSPS) is 33.0. The van der Waals surface area contributed by atoms with Gasteiger partial charge in [-0.15, -0.1) is 0 Å². The smallest absolute Gasteiger partial charge is 0.338 e. The van der Waals surface area contributed by atoms with Crippen LogP contribution in [0.5, 0.6) is 0 Å². The van der Waals surface area contributed by atoms with E-state index in [9.17, 15) is 24.6 Å². The number of aliphatic hydroxyl groups is 2. The third-order valence-electron chi connectivity index (χ3n) is 14.0. The van der Waals surface area contributed by atoms with Gasteiger partial charge in [-0.2, -0.15) is 0 Å². The lowest BCUT2D eigenvalue weighted by Crippen LogP contribution is -2.74. The number of hydrogen-bond donors (Lipinski definition) is 2. The molecule has 0 aromatic heterocycles. The molecule has 0 aliphatic heterocycles. The van der Waals surface area contributed by atoms with Gasteiger partial charge in [-0.3, -0.25) is 9.59 Å². The van der Waals surface area contributed by atoms with E-state index < -0.39 is 93.1 Å². The zero-order chi connectivity index (χ0) is 39.7. The van der Waals surface area contributed by atoms with Gasteiger partial charge in [0.2, 0.25) is 0 Å².